The van der Waals surface area contributed by atoms with Crippen molar-refractivity contribution < 1.29 is 19.1 Å². The Bertz CT molecular complexity index is 600. The van der Waals surface area contributed by atoms with Gasteiger partial charge in [-0.3, -0.25) is 9.59 Å². The molecule has 4 heteroatoms. The average molecular weight is 284 g/mol. The molecule has 0 fully saturated rings. The van der Waals surface area contributed by atoms with E-state index in [0.29, 0.717) is 17.9 Å². The Balaban J connectivity index is 1.82. The third kappa shape index (κ3) is 4.76. The number of hydrogen-bond acceptors (Lipinski definition) is 4. The Hall–Kier alpha value is -2.62. The van der Waals surface area contributed by atoms with Crippen molar-refractivity contribution in [3.8, 4) is 11.5 Å². The van der Waals surface area contributed by atoms with E-state index < -0.39 is 0 Å². The topological polar surface area (TPSA) is 52.6 Å². The molecule has 0 saturated carbocycles. The summed E-state index contributed by atoms with van der Waals surface area (Å²) in [6.45, 7) is 1.91. The van der Waals surface area contributed by atoms with Gasteiger partial charge in [-0.1, -0.05) is 12.1 Å². The van der Waals surface area contributed by atoms with Crippen molar-refractivity contribution in [2.75, 3.05) is 6.61 Å². The fourth-order valence-corrected chi connectivity index (χ4v) is 1.82. The zero-order chi connectivity index (χ0) is 15.1. The van der Waals surface area contributed by atoms with Crippen LogP contribution in [0.4, 0.5) is 0 Å². The van der Waals surface area contributed by atoms with Crippen LogP contribution in [0.25, 0.3) is 0 Å². The molecule has 0 aliphatic carbocycles. The van der Waals surface area contributed by atoms with Crippen LogP contribution in [0, 0.1) is 0 Å². The van der Waals surface area contributed by atoms with Gasteiger partial charge in [-0.25, -0.2) is 0 Å². The van der Waals surface area contributed by atoms with Crippen molar-refractivity contribution in [2.45, 2.75) is 13.3 Å². The predicted octanol–water partition coefficient (Wildman–Crippen LogP) is 3.05. The Morgan fingerprint density at radius 1 is 1.00 bits per heavy atom. The third-order valence-corrected chi connectivity index (χ3v) is 2.86. The number of carbonyl (C=O) groups excluding carboxylic acids is 2. The van der Waals surface area contributed by atoms with Gasteiger partial charge in [0.2, 0.25) is 0 Å². The quantitative estimate of drug-likeness (QED) is 0.465. The highest BCUT2D eigenvalue weighted by atomic mass is 16.5. The van der Waals surface area contributed by atoms with E-state index in [1.165, 1.54) is 6.92 Å². The van der Waals surface area contributed by atoms with Gasteiger partial charge >= 0.3 is 5.97 Å². The first-order valence-electron chi connectivity index (χ1n) is 6.63. The zero-order valence-electron chi connectivity index (χ0n) is 11.7. The van der Waals surface area contributed by atoms with Gasteiger partial charge in [-0.2, -0.15) is 0 Å². The minimum absolute atomic E-state index is 0.329. The molecule has 0 amide bonds. The van der Waals surface area contributed by atoms with Crippen molar-refractivity contribution in [3.05, 3.63) is 59.7 Å². The third-order valence-electron chi connectivity index (χ3n) is 2.86. The van der Waals surface area contributed by atoms with Gasteiger partial charge in [0.1, 0.15) is 17.8 Å². The standard InChI is InChI=1S/C17H16O4/c1-13(19)21-17-8-2-14(3-9-17)10-11-20-16-6-4-15(12-18)5-7-16/h2-9,12H,10-11H2,1H3. The minimum Gasteiger partial charge on any atom is -0.493 e. The van der Waals surface area contributed by atoms with Crippen LogP contribution in [0.15, 0.2) is 48.5 Å². The van der Waals surface area contributed by atoms with Crippen molar-refractivity contribution in [3.63, 3.8) is 0 Å². The lowest BCUT2D eigenvalue weighted by Crippen LogP contribution is -2.03. The normalized spacial score (nSPS) is 9.95. The summed E-state index contributed by atoms with van der Waals surface area (Å²) in [7, 11) is 0. The van der Waals surface area contributed by atoms with E-state index in [-0.39, 0.29) is 5.97 Å². The van der Waals surface area contributed by atoms with Crippen molar-refractivity contribution in [1.29, 1.82) is 0 Å². The van der Waals surface area contributed by atoms with Crippen LogP contribution in [-0.2, 0) is 11.2 Å². The van der Waals surface area contributed by atoms with Crippen LogP contribution in [0.5, 0.6) is 11.5 Å². The molecule has 0 spiro atoms. The summed E-state index contributed by atoms with van der Waals surface area (Å²) < 4.78 is 10.6. The summed E-state index contributed by atoms with van der Waals surface area (Å²) >= 11 is 0. The van der Waals surface area contributed by atoms with Gasteiger partial charge in [0, 0.05) is 18.9 Å². The molecule has 2 rings (SSSR count). The smallest absolute Gasteiger partial charge is 0.308 e. The van der Waals surface area contributed by atoms with Gasteiger partial charge < -0.3 is 9.47 Å². The molecule has 2 aromatic carbocycles. The number of ether oxygens (including phenoxy) is 2. The zero-order valence-corrected chi connectivity index (χ0v) is 11.7. The predicted molar refractivity (Wildman–Crippen MR) is 78.8 cm³/mol. The molecule has 0 N–H and O–H groups in total. The molecule has 0 atom stereocenters. The Morgan fingerprint density at radius 2 is 1.62 bits per heavy atom. The molecule has 0 bridgehead atoms. The van der Waals surface area contributed by atoms with E-state index in [1.54, 1.807) is 36.4 Å². The number of rotatable bonds is 6. The number of benzene rings is 2. The highest BCUT2D eigenvalue weighted by Crippen LogP contribution is 2.14. The molecule has 2 aromatic rings. The maximum atomic E-state index is 10.8. The summed E-state index contributed by atoms with van der Waals surface area (Å²) in [5.41, 5.74) is 1.72. The van der Waals surface area contributed by atoms with Crippen LogP contribution in [0.1, 0.15) is 22.8 Å². The van der Waals surface area contributed by atoms with Gasteiger partial charge in [0.15, 0.2) is 0 Å². The second-order valence-electron chi connectivity index (χ2n) is 4.52. The van der Waals surface area contributed by atoms with E-state index >= 15 is 0 Å². The lowest BCUT2D eigenvalue weighted by atomic mass is 10.1. The van der Waals surface area contributed by atoms with Crippen LogP contribution < -0.4 is 9.47 Å². The van der Waals surface area contributed by atoms with Crippen LogP contribution in [0.2, 0.25) is 0 Å². The number of aldehydes is 1. The molecular formula is C17H16O4. The summed E-state index contributed by atoms with van der Waals surface area (Å²) in [5, 5.41) is 0. The fraction of sp³-hybridized carbons (Fsp3) is 0.176. The van der Waals surface area contributed by atoms with Crippen molar-refractivity contribution in [1.82, 2.24) is 0 Å². The molecule has 0 radical (unpaired) electrons. The molecule has 0 unspecified atom stereocenters. The first-order valence-corrected chi connectivity index (χ1v) is 6.63. The van der Waals surface area contributed by atoms with Gasteiger partial charge in [-0.05, 0) is 42.0 Å². The molecular weight excluding hydrogens is 268 g/mol. The molecule has 0 heterocycles. The molecule has 0 aliphatic heterocycles. The van der Waals surface area contributed by atoms with Crippen molar-refractivity contribution in [2.24, 2.45) is 0 Å². The van der Waals surface area contributed by atoms with Crippen LogP contribution in [-0.4, -0.2) is 18.9 Å². The summed E-state index contributed by atoms with van der Waals surface area (Å²) in [5.74, 6) is 0.943. The van der Waals surface area contributed by atoms with E-state index in [2.05, 4.69) is 0 Å². The van der Waals surface area contributed by atoms with Crippen LogP contribution in [0.3, 0.4) is 0 Å². The van der Waals surface area contributed by atoms with Gasteiger partial charge in [0.25, 0.3) is 0 Å². The summed E-state index contributed by atoms with van der Waals surface area (Å²) in [6.07, 6.45) is 1.55. The lowest BCUT2D eigenvalue weighted by Gasteiger charge is -2.07. The van der Waals surface area contributed by atoms with Crippen molar-refractivity contribution >= 4 is 12.3 Å². The fourth-order valence-electron chi connectivity index (χ4n) is 1.82. The number of carbonyl (C=O) groups is 2. The van der Waals surface area contributed by atoms with Crippen LogP contribution >= 0.6 is 0 Å². The van der Waals surface area contributed by atoms with Gasteiger partial charge in [-0.15, -0.1) is 0 Å². The lowest BCUT2D eigenvalue weighted by molar-refractivity contribution is -0.131. The second kappa shape index (κ2) is 7.24. The molecule has 0 saturated heterocycles. The molecule has 4 nitrogen and oxygen atoms in total. The molecule has 108 valence electrons. The Labute approximate surface area is 123 Å². The van der Waals surface area contributed by atoms with E-state index in [4.69, 9.17) is 9.47 Å². The van der Waals surface area contributed by atoms with E-state index in [0.717, 1.165) is 24.0 Å². The Kier molecular flexibility index (Phi) is 5.10. The second-order valence-corrected chi connectivity index (χ2v) is 4.52. The minimum atomic E-state index is -0.329. The molecule has 0 aromatic heterocycles. The van der Waals surface area contributed by atoms with Gasteiger partial charge in [0.05, 0.1) is 6.61 Å². The van der Waals surface area contributed by atoms with E-state index in [1.807, 2.05) is 12.1 Å². The SMILES string of the molecule is CC(=O)Oc1ccc(CCOc2ccc(C=O)cc2)cc1. The highest BCUT2D eigenvalue weighted by Gasteiger charge is 2.00. The largest absolute Gasteiger partial charge is 0.493 e. The Morgan fingerprint density at radius 3 is 2.19 bits per heavy atom. The summed E-state index contributed by atoms with van der Waals surface area (Å²) in [6, 6.07) is 14.3. The maximum Gasteiger partial charge on any atom is 0.308 e. The first-order chi connectivity index (χ1) is 10.2. The van der Waals surface area contributed by atoms with E-state index in [9.17, 15) is 9.59 Å². The monoisotopic (exact) mass is 284 g/mol. The summed E-state index contributed by atoms with van der Waals surface area (Å²) in [4.78, 5) is 21.3. The maximum absolute atomic E-state index is 10.8. The number of hydrogen-bond donors (Lipinski definition) is 0. The number of esters is 1. The first kappa shape index (κ1) is 14.8. The molecule has 21 heavy (non-hydrogen) atoms. The average Bonchev–Trinajstić information content (AvgIpc) is 2.49. The highest BCUT2D eigenvalue weighted by molar-refractivity contribution is 5.74. The molecule has 0 aliphatic rings.